The minimum atomic E-state index is 0.639. The Morgan fingerprint density at radius 3 is 2.22 bits per heavy atom. The van der Waals surface area contributed by atoms with Crippen molar-refractivity contribution in [2.24, 2.45) is 0 Å². The summed E-state index contributed by atoms with van der Waals surface area (Å²) in [6, 6.07) is 10.2. The molecule has 0 spiro atoms. The first kappa shape index (κ1) is 19.6. The zero-order chi connectivity index (χ0) is 16.9. The highest BCUT2D eigenvalue weighted by Gasteiger charge is 2.20. The second-order valence-electron chi connectivity index (χ2n) is 6.41. The summed E-state index contributed by atoms with van der Waals surface area (Å²) in [5.41, 5.74) is 3.08. The van der Waals surface area contributed by atoms with E-state index in [9.17, 15) is 0 Å². The van der Waals surface area contributed by atoms with Gasteiger partial charge < -0.3 is 5.32 Å². The largest absolute Gasteiger partial charge is 0.317 e. The van der Waals surface area contributed by atoms with E-state index in [0.717, 1.165) is 12.0 Å². The topological polar surface area (TPSA) is 29.1 Å². The lowest BCUT2D eigenvalue weighted by molar-refractivity contribution is -0.104. The molecule has 2 nitrogen and oxygen atoms in total. The van der Waals surface area contributed by atoms with E-state index < -0.39 is 0 Å². The van der Waals surface area contributed by atoms with Crippen molar-refractivity contribution in [3.63, 3.8) is 0 Å². The molecule has 2 rings (SSSR count). The molecule has 0 aromatic heterocycles. The molecule has 0 amide bonds. The van der Waals surface area contributed by atoms with Crippen LogP contribution in [0.4, 0.5) is 0 Å². The van der Waals surface area contributed by atoms with E-state index in [1.54, 1.807) is 5.56 Å². The maximum atomic E-state index is 9.06. The van der Waals surface area contributed by atoms with Crippen LogP contribution < -0.4 is 5.32 Å². The minimum Gasteiger partial charge on any atom is -0.317 e. The highest BCUT2D eigenvalue weighted by molar-refractivity contribution is 5.63. The van der Waals surface area contributed by atoms with Crippen LogP contribution in [0.5, 0.6) is 0 Å². The molecule has 1 aromatic rings. The highest BCUT2D eigenvalue weighted by Crippen LogP contribution is 2.32. The van der Waals surface area contributed by atoms with Gasteiger partial charge >= 0.3 is 0 Å². The average Bonchev–Trinajstić information content (AvgIpc) is 2.63. The summed E-state index contributed by atoms with van der Waals surface area (Å²) < 4.78 is 0. The molecule has 0 unspecified atom stereocenters. The molecule has 1 saturated carbocycles. The lowest BCUT2D eigenvalue weighted by Gasteiger charge is -2.28. The Kier molecular flexibility index (Phi) is 10.3. The summed E-state index contributed by atoms with van der Waals surface area (Å²) in [5.74, 6) is 0.800. The number of unbranched alkanes of at least 4 members (excludes halogenated alkanes) is 2. The first-order valence-corrected chi connectivity index (χ1v) is 9.07. The second-order valence-corrected chi connectivity index (χ2v) is 6.41. The van der Waals surface area contributed by atoms with Crippen molar-refractivity contribution in [2.45, 2.75) is 70.3 Å². The average molecular weight is 316 g/mol. The van der Waals surface area contributed by atoms with Gasteiger partial charge in [-0.2, -0.15) is 0 Å². The number of aldehydes is 1. The van der Waals surface area contributed by atoms with Gasteiger partial charge in [-0.05, 0) is 68.7 Å². The van der Waals surface area contributed by atoms with E-state index in [-0.39, 0.29) is 0 Å². The Hall–Kier alpha value is -1.41. The number of hydrogen-bond acceptors (Lipinski definition) is 2. The van der Waals surface area contributed by atoms with E-state index in [1.165, 1.54) is 63.0 Å². The maximum Gasteiger partial charge on any atom is 0.142 e. The van der Waals surface area contributed by atoms with E-state index in [2.05, 4.69) is 50.1 Å². The molecule has 2 heteroatoms. The predicted octanol–water partition coefficient (Wildman–Crippen LogP) is 5.04. The van der Waals surface area contributed by atoms with Crippen molar-refractivity contribution in [3.05, 3.63) is 48.0 Å². The molecule has 0 radical (unpaired) electrons. The van der Waals surface area contributed by atoms with Crippen LogP contribution in [0.3, 0.4) is 0 Å². The summed E-state index contributed by atoms with van der Waals surface area (Å²) in [7, 11) is 2.09. The number of allylic oxidation sites excluding steroid dienone is 1. The summed E-state index contributed by atoms with van der Waals surface area (Å²) in [5, 5.41) is 3.41. The van der Waals surface area contributed by atoms with E-state index in [0.29, 0.717) is 6.29 Å². The van der Waals surface area contributed by atoms with E-state index >= 15 is 0 Å². The van der Waals surface area contributed by atoms with Gasteiger partial charge in [-0.25, -0.2) is 0 Å². The molecule has 128 valence electrons. The van der Waals surface area contributed by atoms with Crippen LogP contribution in [0.1, 0.15) is 68.9 Å². The van der Waals surface area contributed by atoms with Gasteiger partial charge in [0, 0.05) is 6.04 Å². The SMILES string of the molecule is C=CC=O.CCCCCc1ccc(C2CCC(NC)CC2)cc1. The Morgan fingerprint density at radius 2 is 1.74 bits per heavy atom. The van der Waals surface area contributed by atoms with Gasteiger partial charge in [0.05, 0.1) is 0 Å². The van der Waals surface area contributed by atoms with Crippen molar-refractivity contribution in [2.75, 3.05) is 7.05 Å². The number of hydrogen-bond donors (Lipinski definition) is 1. The standard InChI is InChI=1S/C18H29N.C3H4O/c1-3-4-5-6-15-7-9-16(10-8-15)17-11-13-18(19-2)14-12-17;1-2-3-4/h7-10,17-19H,3-6,11-14H2,1-2H3;2-3H,1H2. The van der Waals surface area contributed by atoms with Gasteiger partial charge in [0.2, 0.25) is 0 Å². The summed E-state index contributed by atoms with van der Waals surface area (Å²) >= 11 is 0. The maximum absolute atomic E-state index is 9.06. The van der Waals surface area contributed by atoms with Crippen molar-refractivity contribution in [3.8, 4) is 0 Å². The van der Waals surface area contributed by atoms with Crippen LogP contribution in [-0.4, -0.2) is 19.4 Å². The first-order valence-electron chi connectivity index (χ1n) is 9.07. The molecule has 23 heavy (non-hydrogen) atoms. The van der Waals surface area contributed by atoms with Crippen molar-refractivity contribution in [1.29, 1.82) is 0 Å². The lowest BCUT2D eigenvalue weighted by Crippen LogP contribution is -2.29. The molecule has 1 fully saturated rings. The molecule has 1 aromatic carbocycles. The first-order chi connectivity index (χ1) is 11.2. The number of nitrogens with one attached hydrogen (secondary N) is 1. The van der Waals surface area contributed by atoms with Crippen molar-refractivity contribution >= 4 is 6.29 Å². The van der Waals surface area contributed by atoms with Crippen LogP contribution >= 0.6 is 0 Å². The number of rotatable bonds is 7. The van der Waals surface area contributed by atoms with Gasteiger partial charge in [-0.15, -0.1) is 0 Å². The fraction of sp³-hybridized carbons (Fsp3) is 0.571. The molecule has 1 aliphatic rings. The molecule has 0 aliphatic heterocycles. The van der Waals surface area contributed by atoms with Gasteiger partial charge in [0.1, 0.15) is 6.29 Å². The predicted molar refractivity (Wildman–Crippen MR) is 100.0 cm³/mol. The van der Waals surface area contributed by atoms with Crippen LogP contribution in [0.15, 0.2) is 36.9 Å². The highest BCUT2D eigenvalue weighted by atomic mass is 16.1. The molecule has 1 N–H and O–H groups in total. The van der Waals surface area contributed by atoms with Gasteiger partial charge in [-0.3, -0.25) is 4.79 Å². The summed E-state index contributed by atoms with van der Waals surface area (Å²) in [6.45, 7) is 5.38. The fourth-order valence-electron chi connectivity index (χ4n) is 3.25. The Balaban J connectivity index is 0.000000593. The fourth-order valence-corrected chi connectivity index (χ4v) is 3.25. The number of aryl methyl sites for hydroxylation is 1. The molecule has 1 aliphatic carbocycles. The van der Waals surface area contributed by atoms with Crippen LogP contribution in [0, 0.1) is 0 Å². The minimum absolute atomic E-state index is 0.639. The Bertz CT molecular complexity index is 424. The van der Waals surface area contributed by atoms with Gasteiger partial charge in [-0.1, -0.05) is 50.6 Å². The van der Waals surface area contributed by atoms with Crippen LogP contribution in [-0.2, 0) is 11.2 Å². The molecule has 0 atom stereocenters. The third-order valence-corrected chi connectivity index (χ3v) is 4.75. The van der Waals surface area contributed by atoms with E-state index in [4.69, 9.17) is 4.79 Å². The summed E-state index contributed by atoms with van der Waals surface area (Å²) in [6.07, 6.45) is 12.5. The summed E-state index contributed by atoms with van der Waals surface area (Å²) in [4.78, 5) is 9.06. The lowest BCUT2D eigenvalue weighted by atomic mass is 9.81. The smallest absolute Gasteiger partial charge is 0.142 e. The second kappa shape index (κ2) is 12.1. The zero-order valence-electron chi connectivity index (χ0n) is 14.9. The molecule has 0 saturated heterocycles. The quantitative estimate of drug-likeness (QED) is 0.434. The third kappa shape index (κ3) is 7.60. The number of carbonyl (C=O) groups excluding carboxylic acids is 1. The third-order valence-electron chi connectivity index (χ3n) is 4.75. The van der Waals surface area contributed by atoms with E-state index in [1.807, 2.05) is 0 Å². The Labute approximate surface area is 142 Å². The number of carbonyl (C=O) groups is 1. The molecular weight excluding hydrogens is 282 g/mol. The zero-order valence-corrected chi connectivity index (χ0v) is 14.9. The normalized spacial score (nSPS) is 20.3. The molecular formula is C21H33NO. The number of benzene rings is 1. The van der Waals surface area contributed by atoms with Crippen molar-refractivity contribution < 1.29 is 4.79 Å². The Morgan fingerprint density at radius 1 is 1.13 bits per heavy atom. The van der Waals surface area contributed by atoms with Crippen LogP contribution in [0.25, 0.3) is 0 Å². The molecule has 0 heterocycles. The molecule has 0 bridgehead atoms. The van der Waals surface area contributed by atoms with Gasteiger partial charge in [0.15, 0.2) is 0 Å². The van der Waals surface area contributed by atoms with Gasteiger partial charge in [0.25, 0.3) is 0 Å². The van der Waals surface area contributed by atoms with Crippen molar-refractivity contribution in [1.82, 2.24) is 5.32 Å². The monoisotopic (exact) mass is 315 g/mol. The van der Waals surface area contributed by atoms with Crippen LogP contribution in [0.2, 0.25) is 0 Å².